The van der Waals surface area contributed by atoms with Crippen LogP contribution in [0.2, 0.25) is 0 Å². The van der Waals surface area contributed by atoms with Crippen LogP contribution in [0.4, 0.5) is 0 Å². The standard InChI is InChI=1S/C20H18O2/c1-16-7-5-6-10-18(16)12-14-20(22)15-19(21)13-11-17-8-3-2-4-9-17/h2-15,21H,1H3/b13-11+,14-12+,19-15-. The van der Waals surface area contributed by atoms with Gasteiger partial charge in [-0.3, -0.25) is 4.79 Å². The molecule has 0 aliphatic carbocycles. The second kappa shape index (κ2) is 7.79. The van der Waals surface area contributed by atoms with Gasteiger partial charge in [0.25, 0.3) is 0 Å². The highest BCUT2D eigenvalue weighted by atomic mass is 16.3. The van der Waals surface area contributed by atoms with E-state index in [1.165, 1.54) is 18.2 Å². The van der Waals surface area contributed by atoms with E-state index in [0.29, 0.717) is 0 Å². The third kappa shape index (κ3) is 4.91. The third-order valence-corrected chi connectivity index (χ3v) is 3.15. The summed E-state index contributed by atoms with van der Waals surface area (Å²) in [6.45, 7) is 1.99. The molecule has 0 atom stereocenters. The van der Waals surface area contributed by atoms with Crippen molar-refractivity contribution in [2.75, 3.05) is 0 Å². The van der Waals surface area contributed by atoms with E-state index in [0.717, 1.165) is 16.7 Å². The molecule has 0 bridgehead atoms. The summed E-state index contributed by atoms with van der Waals surface area (Å²) in [6, 6.07) is 17.4. The maximum Gasteiger partial charge on any atom is 0.182 e. The van der Waals surface area contributed by atoms with E-state index >= 15 is 0 Å². The van der Waals surface area contributed by atoms with Crippen LogP contribution in [-0.2, 0) is 4.79 Å². The van der Waals surface area contributed by atoms with Gasteiger partial charge in [-0.2, -0.15) is 0 Å². The largest absolute Gasteiger partial charge is 0.508 e. The van der Waals surface area contributed by atoms with Crippen LogP contribution in [0.1, 0.15) is 16.7 Å². The zero-order chi connectivity index (χ0) is 15.8. The molecule has 0 fully saturated rings. The summed E-state index contributed by atoms with van der Waals surface area (Å²) in [5.41, 5.74) is 3.05. The number of aliphatic hydroxyl groups excluding tert-OH is 1. The van der Waals surface area contributed by atoms with Crippen molar-refractivity contribution in [2.45, 2.75) is 6.92 Å². The molecule has 0 amide bonds. The fourth-order valence-corrected chi connectivity index (χ4v) is 1.93. The molecule has 2 rings (SSSR count). The molecule has 0 aliphatic heterocycles. The fourth-order valence-electron chi connectivity index (χ4n) is 1.93. The first-order valence-electron chi connectivity index (χ1n) is 7.06. The molecule has 0 aliphatic rings. The SMILES string of the molecule is Cc1ccccc1/C=C/C(=O)/C=C(O)/C=C/c1ccccc1. The first kappa shape index (κ1) is 15.5. The van der Waals surface area contributed by atoms with E-state index in [1.54, 1.807) is 12.2 Å². The Kier molecular flexibility index (Phi) is 5.50. The Labute approximate surface area is 130 Å². The van der Waals surface area contributed by atoms with Crippen LogP contribution < -0.4 is 0 Å². The highest BCUT2D eigenvalue weighted by molar-refractivity contribution is 6.02. The summed E-state index contributed by atoms with van der Waals surface area (Å²) in [4.78, 5) is 11.8. The van der Waals surface area contributed by atoms with Gasteiger partial charge in [-0.1, -0.05) is 66.7 Å². The maximum absolute atomic E-state index is 11.8. The molecule has 2 aromatic carbocycles. The van der Waals surface area contributed by atoms with Gasteiger partial charge >= 0.3 is 0 Å². The van der Waals surface area contributed by atoms with Gasteiger partial charge in [0.2, 0.25) is 0 Å². The molecule has 0 spiro atoms. The first-order chi connectivity index (χ1) is 10.6. The quantitative estimate of drug-likeness (QED) is 0.491. The average molecular weight is 290 g/mol. The predicted octanol–water partition coefficient (Wildman–Crippen LogP) is 4.73. The minimum atomic E-state index is -0.251. The van der Waals surface area contributed by atoms with Gasteiger partial charge in [0.1, 0.15) is 5.76 Å². The van der Waals surface area contributed by atoms with Crippen molar-refractivity contribution in [3.05, 3.63) is 95.3 Å². The number of carbonyl (C=O) groups is 1. The van der Waals surface area contributed by atoms with Gasteiger partial charge in [-0.05, 0) is 35.8 Å². The van der Waals surface area contributed by atoms with Crippen molar-refractivity contribution in [1.82, 2.24) is 0 Å². The summed E-state index contributed by atoms with van der Waals surface area (Å²) < 4.78 is 0. The molecule has 0 heterocycles. The highest BCUT2D eigenvalue weighted by Crippen LogP contribution is 2.09. The molecular weight excluding hydrogens is 272 g/mol. The molecule has 0 saturated heterocycles. The zero-order valence-electron chi connectivity index (χ0n) is 12.4. The Hall–Kier alpha value is -2.87. The van der Waals surface area contributed by atoms with Crippen LogP contribution in [0.3, 0.4) is 0 Å². The Morgan fingerprint density at radius 2 is 1.59 bits per heavy atom. The second-order valence-electron chi connectivity index (χ2n) is 4.91. The lowest BCUT2D eigenvalue weighted by molar-refractivity contribution is -0.110. The molecule has 22 heavy (non-hydrogen) atoms. The van der Waals surface area contributed by atoms with Crippen LogP contribution in [-0.4, -0.2) is 10.9 Å². The van der Waals surface area contributed by atoms with Crippen LogP contribution in [0.25, 0.3) is 12.2 Å². The van der Waals surface area contributed by atoms with Crippen molar-refractivity contribution in [1.29, 1.82) is 0 Å². The van der Waals surface area contributed by atoms with Gasteiger partial charge in [0, 0.05) is 6.08 Å². The first-order valence-corrected chi connectivity index (χ1v) is 7.06. The Morgan fingerprint density at radius 3 is 2.32 bits per heavy atom. The van der Waals surface area contributed by atoms with Gasteiger partial charge in [-0.15, -0.1) is 0 Å². The molecule has 0 unspecified atom stereocenters. The van der Waals surface area contributed by atoms with Crippen molar-refractivity contribution < 1.29 is 9.90 Å². The van der Waals surface area contributed by atoms with E-state index in [9.17, 15) is 9.90 Å². The lowest BCUT2D eigenvalue weighted by Gasteiger charge is -1.97. The molecule has 110 valence electrons. The summed E-state index contributed by atoms with van der Waals surface area (Å²) >= 11 is 0. The number of ketones is 1. The van der Waals surface area contributed by atoms with Crippen LogP contribution in [0.15, 0.2) is 78.6 Å². The number of benzene rings is 2. The van der Waals surface area contributed by atoms with E-state index in [2.05, 4.69) is 0 Å². The van der Waals surface area contributed by atoms with Crippen LogP contribution >= 0.6 is 0 Å². The van der Waals surface area contributed by atoms with E-state index in [-0.39, 0.29) is 11.5 Å². The van der Waals surface area contributed by atoms with Crippen molar-refractivity contribution in [3.8, 4) is 0 Å². The minimum Gasteiger partial charge on any atom is -0.508 e. The van der Waals surface area contributed by atoms with E-state index < -0.39 is 0 Å². The number of aryl methyl sites for hydroxylation is 1. The topological polar surface area (TPSA) is 37.3 Å². The van der Waals surface area contributed by atoms with Crippen molar-refractivity contribution >= 4 is 17.9 Å². The monoisotopic (exact) mass is 290 g/mol. The third-order valence-electron chi connectivity index (χ3n) is 3.15. The maximum atomic E-state index is 11.8. The molecule has 0 radical (unpaired) electrons. The number of allylic oxidation sites excluding steroid dienone is 3. The van der Waals surface area contributed by atoms with Gasteiger partial charge in [0.05, 0.1) is 0 Å². The minimum absolute atomic E-state index is 0.0664. The second-order valence-corrected chi connectivity index (χ2v) is 4.91. The van der Waals surface area contributed by atoms with Gasteiger partial charge < -0.3 is 5.11 Å². The molecule has 2 nitrogen and oxygen atoms in total. The Bertz CT molecular complexity index is 722. The number of hydrogen-bond acceptors (Lipinski definition) is 2. The smallest absolute Gasteiger partial charge is 0.182 e. The number of carbonyl (C=O) groups excluding carboxylic acids is 1. The highest BCUT2D eigenvalue weighted by Gasteiger charge is 1.96. The van der Waals surface area contributed by atoms with Crippen molar-refractivity contribution in [3.63, 3.8) is 0 Å². The summed E-state index contributed by atoms with van der Waals surface area (Å²) in [7, 11) is 0. The Morgan fingerprint density at radius 1 is 0.909 bits per heavy atom. The molecule has 1 N–H and O–H groups in total. The number of aliphatic hydroxyl groups is 1. The molecule has 0 saturated carbocycles. The summed E-state index contributed by atoms with van der Waals surface area (Å²) in [5, 5.41) is 9.75. The predicted molar refractivity (Wildman–Crippen MR) is 91.4 cm³/mol. The van der Waals surface area contributed by atoms with Crippen molar-refractivity contribution in [2.24, 2.45) is 0 Å². The summed E-state index contributed by atoms with van der Waals surface area (Å²) in [6.07, 6.45) is 7.67. The van der Waals surface area contributed by atoms with E-state index in [1.807, 2.05) is 61.5 Å². The number of rotatable bonds is 5. The Balaban J connectivity index is 2.01. The molecule has 2 heteroatoms. The fraction of sp³-hybridized carbons (Fsp3) is 0.0500. The van der Waals surface area contributed by atoms with Gasteiger partial charge in [0.15, 0.2) is 5.78 Å². The zero-order valence-corrected chi connectivity index (χ0v) is 12.4. The molecule has 2 aromatic rings. The number of hydrogen-bond donors (Lipinski definition) is 1. The summed E-state index contributed by atoms with van der Waals surface area (Å²) in [5.74, 6) is -0.318. The normalized spacial score (nSPS) is 12.1. The lowest BCUT2D eigenvalue weighted by Crippen LogP contribution is -1.89. The molecule has 0 aromatic heterocycles. The molecular formula is C20H18O2. The van der Waals surface area contributed by atoms with E-state index in [4.69, 9.17) is 0 Å². The van der Waals surface area contributed by atoms with Crippen LogP contribution in [0, 0.1) is 6.92 Å². The lowest BCUT2D eigenvalue weighted by atomic mass is 10.1. The average Bonchev–Trinajstić information content (AvgIpc) is 2.53. The van der Waals surface area contributed by atoms with Gasteiger partial charge in [-0.25, -0.2) is 0 Å². The van der Waals surface area contributed by atoms with Crippen LogP contribution in [0.5, 0.6) is 0 Å².